The Hall–Kier alpha value is -1.95. The first-order chi connectivity index (χ1) is 10.3. The summed E-state index contributed by atoms with van der Waals surface area (Å²) in [6.45, 7) is 1.69. The van der Waals surface area contributed by atoms with Crippen molar-refractivity contribution in [3.05, 3.63) is 24.2 Å². The standard InChI is InChI=1S/C15H21N5O/c1-16-11-4-3-9-20(10-11)14(21)7-6-13-18-12-5-2-8-17-15(12)19-13/h2,5,8,11,16H,3-4,6-7,9-10H2,1H3,(H,17,18,19). The molecule has 0 aliphatic carbocycles. The molecular formula is C15H21N5O. The van der Waals surface area contributed by atoms with E-state index in [2.05, 4.69) is 20.3 Å². The van der Waals surface area contributed by atoms with Crippen LogP contribution in [0.15, 0.2) is 18.3 Å². The summed E-state index contributed by atoms with van der Waals surface area (Å²) in [6, 6.07) is 4.25. The van der Waals surface area contributed by atoms with Crippen LogP contribution in [-0.2, 0) is 11.2 Å². The number of pyridine rings is 1. The third-order valence-corrected chi connectivity index (χ3v) is 4.06. The lowest BCUT2D eigenvalue weighted by Crippen LogP contribution is -2.47. The van der Waals surface area contributed by atoms with Gasteiger partial charge in [0.2, 0.25) is 5.91 Å². The van der Waals surface area contributed by atoms with E-state index in [-0.39, 0.29) is 5.91 Å². The molecule has 0 radical (unpaired) electrons. The second-order valence-corrected chi connectivity index (χ2v) is 5.53. The summed E-state index contributed by atoms with van der Waals surface area (Å²) in [5.74, 6) is 1.04. The summed E-state index contributed by atoms with van der Waals surface area (Å²) < 4.78 is 0. The molecule has 6 heteroatoms. The average Bonchev–Trinajstić information content (AvgIpc) is 2.95. The summed E-state index contributed by atoms with van der Waals surface area (Å²) >= 11 is 0. The number of nitrogens with one attached hydrogen (secondary N) is 2. The Morgan fingerprint density at radius 2 is 2.48 bits per heavy atom. The number of hydrogen-bond acceptors (Lipinski definition) is 4. The van der Waals surface area contributed by atoms with E-state index < -0.39 is 0 Å². The van der Waals surface area contributed by atoms with E-state index in [1.165, 1.54) is 0 Å². The predicted molar refractivity (Wildman–Crippen MR) is 80.9 cm³/mol. The third-order valence-electron chi connectivity index (χ3n) is 4.06. The van der Waals surface area contributed by atoms with Crippen LogP contribution in [-0.4, -0.2) is 51.9 Å². The van der Waals surface area contributed by atoms with E-state index in [9.17, 15) is 4.79 Å². The molecule has 112 valence electrons. The molecule has 0 aromatic carbocycles. The quantitative estimate of drug-likeness (QED) is 0.883. The maximum atomic E-state index is 12.3. The Morgan fingerprint density at radius 1 is 1.57 bits per heavy atom. The zero-order valence-corrected chi connectivity index (χ0v) is 12.3. The molecule has 0 saturated carbocycles. The lowest BCUT2D eigenvalue weighted by Gasteiger charge is -2.32. The molecule has 1 fully saturated rings. The van der Waals surface area contributed by atoms with Crippen molar-refractivity contribution in [2.24, 2.45) is 0 Å². The van der Waals surface area contributed by atoms with Gasteiger partial charge in [-0.1, -0.05) is 0 Å². The fourth-order valence-corrected chi connectivity index (χ4v) is 2.84. The van der Waals surface area contributed by atoms with Gasteiger partial charge in [-0.2, -0.15) is 0 Å². The van der Waals surface area contributed by atoms with Crippen LogP contribution in [0.1, 0.15) is 25.1 Å². The van der Waals surface area contributed by atoms with Crippen molar-refractivity contribution < 1.29 is 4.79 Å². The van der Waals surface area contributed by atoms with Crippen molar-refractivity contribution in [3.8, 4) is 0 Å². The number of likely N-dealkylation sites (N-methyl/N-ethyl adjacent to an activating group) is 1. The molecule has 1 atom stereocenters. The second kappa shape index (κ2) is 6.22. The van der Waals surface area contributed by atoms with Gasteiger partial charge in [-0.15, -0.1) is 0 Å². The molecule has 21 heavy (non-hydrogen) atoms. The minimum Gasteiger partial charge on any atom is -0.341 e. The Morgan fingerprint density at radius 3 is 3.29 bits per heavy atom. The number of carbonyl (C=O) groups is 1. The van der Waals surface area contributed by atoms with Gasteiger partial charge in [0, 0.05) is 38.2 Å². The van der Waals surface area contributed by atoms with Gasteiger partial charge in [-0.3, -0.25) is 4.79 Å². The van der Waals surface area contributed by atoms with Gasteiger partial charge < -0.3 is 15.2 Å². The highest BCUT2D eigenvalue weighted by molar-refractivity contribution is 5.77. The van der Waals surface area contributed by atoms with E-state index in [1.807, 2.05) is 24.1 Å². The number of piperidine rings is 1. The van der Waals surface area contributed by atoms with Crippen molar-refractivity contribution in [2.75, 3.05) is 20.1 Å². The van der Waals surface area contributed by atoms with Crippen LogP contribution in [0.3, 0.4) is 0 Å². The van der Waals surface area contributed by atoms with Gasteiger partial charge in [-0.25, -0.2) is 9.97 Å². The molecular weight excluding hydrogens is 266 g/mol. The van der Waals surface area contributed by atoms with Crippen molar-refractivity contribution in [1.82, 2.24) is 25.2 Å². The Bertz CT molecular complexity index is 590. The van der Waals surface area contributed by atoms with E-state index in [0.717, 1.165) is 37.3 Å². The number of hydrogen-bond donors (Lipinski definition) is 2. The van der Waals surface area contributed by atoms with Crippen molar-refractivity contribution >= 4 is 17.1 Å². The average molecular weight is 287 g/mol. The van der Waals surface area contributed by atoms with Crippen molar-refractivity contribution in [2.45, 2.75) is 31.7 Å². The highest BCUT2D eigenvalue weighted by atomic mass is 16.2. The number of imidazole rings is 1. The predicted octanol–water partition coefficient (Wildman–Crippen LogP) is 1.10. The minimum absolute atomic E-state index is 0.211. The lowest BCUT2D eigenvalue weighted by atomic mass is 10.1. The number of aromatic amines is 1. The fraction of sp³-hybridized carbons (Fsp3) is 0.533. The van der Waals surface area contributed by atoms with Crippen LogP contribution in [0.25, 0.3) is 11.2 Å². The first kappa shape index (κ1) is 14.0. The largest absolute Gasteiger partial charge is 0.341 e. The molecule has 1 aliphatic heterocycles. The molecule has 3 rings (SSSR count). The first-order valence-corrected chi connectivity index (χ1v) is 7.51. The molecule has 2 N–H and O–H groups in total. The fourth-order valence-electron chi connectivity index (χ4n) is 2.84. The topological polar surface area (TPSA) is 73.9 Å². The number of amides is 1. The van der Waals surface area contributed by atoms with E-state index in [1.54, 1.807) is 6.20 Å². The number of nitrogens with zero attached hydrogens (tertiary/aromatic N) is 3. The van der Waals surface area contributed by atoms with E-state index in [0.29, 0.717) is 24.5 Å². The lowest BCUT2D eigenvalue weighted by molar-refractivity contribution is -0.132. The summed E-state index contributed by atoms with van der Waals surface area (Å²) in [5, 5.41) is 3.26. The summed E-state index contributed by atoms with van der Waals surface area (Å²) in [4.78, 5) is 26.1. The van der Waals surface area contributed by atoms with E-state index in [4.69, 9.17) is 0 Å². The highest BCUT2D eigenvalue weighted by Gasteiger charge is 2.22. The Kier molecular flexibility index (Phi) is 4.15. The van der Waals surface area contributed by atoms with Crippen LogP contribution in [0.5, 0.6) is 0 Å². The van der Waals surface area contributed by atoms with Gasteiger partial charge in [0.25, 0.3) is 0 Å². The van der Waals surface area contributed by atoms with Crippen LogP contribution in [0, 0.1) is 0 Å². The molecule has 3 heterocycles. The number of fused-ring (bicyclic) bond motifs is 1. The number of H-pyrrole nitrogens is 1. The summed E-state index contributed by atoms with van der Waals surface area (Å²) in [5.41, 5.74) is 1.64. The van der Waals surface area contributed by atoms with Crippen molar-refractivity contribution in [1.29, 1.82) is 0 Å². The third kappa shape index (κ3) is 3.21. The van der Waals surface area contributed by atoms with Gasteiger partial charge in [0.15, 0.2) is 5.65 Å². The normalized spacial score (nSPS) is 19.1. The van der Waals surface area contributed by atoms with Crippen molar-refractivity contribution in [3.63, 3.8) is 0 Å². The van der Waals surface area contributed by atoms with Gasteiger partial charge in [0.05, 0.1) is 5.52 Å². The highest BCUT2D eigenvalue weighted by Crippen LogP contribution is 2.13. The van der Waals surface area contributed by atoms with Crippen LogP contribution in [0.4, 0.5) is 0 Å². The monoisotopic (exact) mass is 287 g/mol. The maximum absolute atomic E-state index is 12.3. The smallest absolute Gasteiger partial charge is 0.223 e. The number of aryl methyl sites for hydroxylation is 1. The summed E-state index contributed by atoms with van der Waals surface area (Å²) in [7, 11) is 1.96. The zero-order chi connectivity index (χ0) is 14.7. The van der Waals surface area contributed by atoms with Gasteiger partial charge in [0.1, 0.15) is 5.82 Å². The Labute approximate surface area is 124 Å². The molecule has 2 aromatic rings. The molecule has 1 saturated heterocycles. The van der Waals surface area contributed by atoms with E-state index >= 15 is 0 Å². The molecule has 0 bridgehead atoms. The zero-order valence-electron chi connectivity index (χ0n) is 12.3. The van der Waals surface area contributed by atoms with Crippen LogP contribution in [0.2, 0.25) is 0 Å². The van der Waals surface area contributed by atoms with Gasteiger partial charge in [-0.05, 0) is 32.0 Å². The maximum Gasteiger partial charge on any atom is 0.223 e. The number of rotatable bonds is 4. The molecule has 1 unspecified atom stereocenters. The number of likely N-dealkylation sites (tertiary alicyclic amines) is 1. The minimum atomic E-state index is 0.211. The Balaban J connectivity index is 1.57. The molecule has 1 aliphatic rings. The molecule has 2 aromatic heterocycles. The summed E-state index contributed by atoms with van der Waals surface area (Å²) in [6.07, 6.45) is 5.08. The SMILES string of the molecule is CNC1CCCN(C(=O)CCc2nc3ncccc3[nH]2)C1. The molecule has 6 nitrogen and oxygen atoms in total. The van der Waals surface area contributed by atoms with Crippen LogP contribution < -0.4 is 5.32 Å². The van der Waals surface area contributed by atoms with Gasteiger partial charge >= 0.3 is 0 Å². The second-order valence-electron chi connectivity index (χ2n) is 5.53. The number of aromatic nitrogens is 3. The molecule has 1 amide bonds. The van der Waals surface area contributed by atoms with Crippen LogP contribution >= 0.6 is 0 Å². The number of carbonyl (C=O) groups excluding carboxylic acids is 1. The molecule has 0 spiro atoms. The first-order valence-electron chi connectivity index (χ1n) is 7.51.